The Labute approximate surface area is 228 Å². The van der Waals surface area contributed by atoms with Gasteiger partial charge in [-0.1, -0.05) is 66.7 Å². The highest BCUT2D eigenvalue weighted by Crippen LogP contribution is 2.25. The van der Waals surface area contributed by atoms with Crippen LogP contribution in [-0.2, 0) is 14.3 Å². The van der Waals surface area contributed by atoms with Gasteiger partial charge in [0.05, 0.1) is 19.1 Å². The zero-order chi connectivity index (χ0) is 29.1. The summed E-state index contributed by atoms with van der Waals surface area (Å²) in [6.07, 6.45) is -5.06. The van der Waals surface area contributed by atoms with E-state index in [0.29, 0.717) is 31.0 Å². The van der Waals surface area contributed by atoms with Crippen LogP contribution in [-0.4, -0.2) is 71.9 Å². The van der Waals surface area contributed by atoms with Crippen LogP contribution in [0.15, 0.2) is 78.9 Å². The van der Waals surface area contributed by atoms with E-state index in [1.54, 1.807) is 0 Å². The van der Waals surface area contributed by atoms with E-state index in [0.717, 1.165) is 23.2 Å². The minimum absolute atomic E-state index is 0.0348. The van der Waals surface area contributed by atoms with Gasteiger partial charge in [0.1, 0.15) is 5.75 Å². The summed E-state index contributed by atoms with van der Waals surface area (Å²) in [5.41, 5.74) is 3.79. The van der Waals surface area contributed by atoms with E-state index in [1.165, 1.54) is 0 Å². The zero-order valence-electron chi connectivity index (χ0n) is 21.3. The maximum atomic E-state index is 12.5. The Kier molecular flexibility index (Phi) is 10.8. The van der Waals surface area contributed by atoms with Crippen LogP contribution in [0.1, 0.15) is 28.4 Å². The first-order chi connectivity index (χ1) is 19.0. The standard InChI is InChI=1S/C27H27NO5.C2HF3O2/c29-25(22-8-6-21(7-9-22)20-4-2-1-3-5-20)19-33-24-12-10-23(11-13-24)26-18-28(16-17-32-26)15-14-27(30)31;3-2(4,5)1(6)7/h1-13,26H,14-19H2,(H,30,31);(H,6,7). The average molecular weight is 560 g/mol. The summed E-state index contributed by atoms with van der Waals surface area (Å²) < 4.78 is 43.3. The maximum absolute atomic E-state index is 12.5. The van der Waals surface area contributed by atoms with Crippen LogP contribution in [0.4, 0.5) is 13.2 Å². The Morgan fingerprint density at radius 1 is 0.900 bits per heavy atom. The molecule has 0 aliphatic carbocycles. The largest absolute Gasteiger partial charge is 0.490 e. The summed E-state index contributed by atoms with van der Waals surface area (Å²) >= 11 is 0. The molecule has 1 fully saturated rings. The summed E-state index contributed by atoms with van der Waals surface area (Å²) in [7, 11) is 0. The lowest BCUT2D eigenvalue weighted by atomic mass is 10.0. The lowest BCUT2D eigenvalue weighted by Crippen LogP contribution is -2.39. The zero-order valence-corrected chi connectivity index (χ0v) is 21.3. The van der Waals surface area contributed by atoms with Gasteiger partial charge in [0.15, 0.2) is 12.4 Å². The number of ketones is 1. The molecule has 0 radical (unpaired) electrons. The smallest absolute Gasteiger partial charge is 0.485 e. The highest BCUT2D eigenvalue weighted by molar-refractivity contribution is 5.97. The highest BCUT2D eigenvalue weighted by atomic mass is 19.4. The Morgan fingerprint density at radius 3 is 2.08 bits per heavy atom. The van der Waals surface area contributed by atoms with Crippen LogP contribution in [0, 0.1) is 0 Å². The quantitative estimate of drug-likeness (QED) is 0.349. The summed E-state index contributed by atoms with van der Waals surface area (Å²) in [6, 6.07) is 25.1. The maximum Gasteiger partial charge on any atom is 0.490 e. The molecule has 1 heterocycles. The van der Waals surface area contributed by atoms with Gasteiger partial charge in [-0.05, 0) is 28.8 Å². The fourth-order valence-corrected chi connectivity index (χ4v) is 3.85. The van der Waals surface area contributed by atoms with E-state index in [9.17, 15) is 22.8 Å². The van der Waals surface area contributed by atoms with Gasteiger partial charge >= 0.3 is 18.1 Å². The Hall–Kier alpha value is -4.22. The first kappa shape index (κ1) is 30.3. The molecule has 0 amide bonds. The number of carboxylic acids is 2. The van der Waals surface area contributed by atoms with Crippen LogP contribution >= 0.6 is 0 Å². The van der Waals surface area contributed by atoms with Gasteiger partial charge in [0, 0.05) is 25.2 Å². The fourth-order valence-electron chi connectivity index (χ4n) is 3.85. The average Bonchev–Trinajstić information content (AvgIpc) is 2.95. The van der Waals surface area contributed by atoms with E-state index >= 15 is 0 Å². The number of carbonyl (C=O) groups excluding carboxylic acids is 1. The number of morpholine rings is 1. The van der Waals surface area contributed by atoms with E-state index in [2.05, 4.69) is 4.90 Å². The van der Waals surface area contributed by atoms with Crippen molar-refractivity contribution in [1.82, 2.24) is 4.90 Å². The van der Waals surface area contributed by atoms with E-state index in [4.69, 9.17) is 24.5 Å². The number of halogens is 3. The number of Topliss-reactive ketones (excluding diaryl/α,β-unsaturated/α-hetero) is 1. The number of carbonyl (C=O) groups is 3. The van der Waals surface area contributed by atoms with E-state index in [-0.39, 0.29) is 24.9 Å². The third-order valence-electron chi connectivity index (χ3n) is 5.97. The van der Waals surface area contributed by atoms with Crippen LogP contribution in [0.3, 0.4) is 0 Å². The van der Waals surface area contributed by atoms with Gasteiger partial charge in [-0.15, -0.1) is 0 Å². The molecular weight excluding hydrogens is 531 g/mol. The van der Waals surface area contributed by atoms with Gasteiger partial charge in [-0.2, -0.15) is 13.2 Å². The van der Waals surface area contributed by atoms with Crippen molar-refractivity contribution in [3.8, 4) is 16.9 Å². The summed E-state index contributed by atoms with van der Waals surface area (Å²) in [4.78, 5) is 34.3. The number of benzene rings is 3. The fraction of sp³-hybridized carbons (Fsp3) is 0.276. The molecule has 1 unspecified atom stereocenters. The van der Waals surface area contributed by atoms with Crippen molar-refractivity contribution in [2.45, 2.75) is 18.7 Å². The SMILES string of the molecule is O=C(O)C(F)(F)F.O=C(O)CCN1CCOC(c2ccc(OCC(=O)c3ccc(-c4ccccc4)cc3)cc2)C1. The van der Waals surface area contributed by atoms with Crippen molar-refractivity contribution in [3.05, 3.63) is 90.0 Å². The molecule has 1 saturated heterocycles. The molecule has 1 aliphatic heterocycles. The molecule has 1 aliphatic rings. The number of nitrogens with zero attached hydrogens (tertiary/aromatic N) is 1. The Balaban J connectivity index is 0.000000559. The van der Waals surface area contributed by atoms with Crippen molar-refractivity contribution in [1.29, 1.82) is 0 Å². The van der Waals surface area contributed by atoms with Gasteiger partial charge in [-0.3, -0.25) is 14.5 Å². The van der Waals surface area contributed by atoms with Crippen molar-refractivity contribution >= 4 is 17.7 Å². The highest BCUT2D eigenvalue weighted by Gasteiger charge is 2.38. The first-order valence-corrected chi connectivity index (χ1v) is 12.3. The summed E-state index contributed by atoms with van der Waals surface area (Å²) in [5.74, 6) is -3.01. The Morgan fingerprint density at radius 2 is 1.50 bits per heavy atom. The number of aliphatic carboxylic acids is 2. The van der Waals surface area contributed by atoms with Crippen LogP contribution in [0.25, 0.3) is 11.1 Å². The van der Waals surface area contributed by atoms with Crippen molar-refractivity contribution in [3.63, 3.8) is 0 Å². The monoisotopic (exact) mass is 559 g/mol. The first-order valence-electron chi connectivity index (χ1n) is 12.3. The van der Waals surface area contributed by atoms with Crippen molar-refractivity contribution in [2.24, 2.45) is 0 Å². The summed E-state index contributed by atoms with van der Waals surface area (Å²) in [6.45, 7) is 2.45. The lowest BCUT2D eigenvalue weighted by molar-refractivity contribution is -0.192. The minimum atomic E-state index is -5.08. The molecule has 0 bridgehead atoms. The molecule has 0 spiro atoms. The molecule has 3 aromatic rings. The molecule has 3 aromatic carbocycles. The number of hydrogen-bond donors (Lipinski definition) is 2. The van der Waals surface area contributed by atoms with Gasteiger partial charge in [-0.25, -0.2) is 4.79 Å². The number of carboxylic acid groups (broad SMARTS) is 2. The molecule has 11 heteroatoms. The number of alkyl halides is 3. The normalized spacial score (nSPS) is 15.4. The van der Waals surface area contributed by atoms with Crippen LogP contribution in [0.2, 0.25) is 0 Å². The van der Waals surface area contributed by atoms with E-state index < -0.39 is 18.1 Å². The van der Waals surface area contributed by atoms with Gasteiger partial charge in [0.2, 0.25) is 0 Å². The molecule has 8 nitrogen and oxygen atoms in total. The molecule has 2 N–H and O–H groups in total. The third kappa shape index (κ3) is 9.51. The molecule has 212 valence electrons. The number of ether oxygens (including phenoxy) is 2. The Bertz CT molecular complexity index is 1260. The molecular formula is C29H28F3NO7. The topological polar surface area (TPSA) is 113 Å². The van der Waals surface area contributed by atoms with Crippen LogP contribution < -0.4 is 4.74 Å². The van der Waals surface area contributed by atoms with Gasteiger partial charge < -0.3 is 19.7 Å². The predicted molar refractivity (Wildman–Crippen MR) is 139 cm³/mol. The third-order valence-corrected chi connectivity index (χ3v) is 5.97. The number of rotatable bonds is 9. The number of hydrogen-bond acceptors (Lipinski definition) is 6. The molecule has 40 heavy (non-hydrogen) atoms. The van der Waals surface area contributed by atoms with Crippen LogP contribution in [0.5, 0.6) is 5.75 Å². The second-order valence-electron chi connectivity index (χ2n) is 8.83. The minimum Gasteiger partial charge on any atom is -0.485 e. The predicted octanol–water partition coefficient (Wildman–Crippen LogP) is 5.10. The lowest BCUT2D eigenvalue weighted by Gasteiger charge is -2.32. The van der Waals surface area contributed by atoms with Crippen molar-refractivity contribution < 1.29 is 47.2 Å². The van der Waals surface area contributed by atoms with Gasteiger partial charge in [0.25, 0.3) is 0 Å². The molecule has 0 aromatic heterocycles. The second kappa shape index (κ2) is 14.2. The summed E-state index contributed by atoms with van der Waals surface area (Å²) in [5, 5.41) is 16.0. The van der Waals surface area contributed by atoms with Crippen molar-refractivity contribution in [2.75, 3.05) is 32.8 Å². The second-order valence-corrected chi connectivity index (χ2v) is 8.83. The molecule has 0 saturated carbocycles. The molecule has 4 rings (SSSR count). The molecule has 1 atom stereocenters. The van der Waals surface area contributed by atoms with E-state index in [1.807, 2.05) is 78.9 Å².